The number of halogens is 3. The smallest absolute Gasteiger partial charge is 0.257 e. The number of anilines is 2. The van der Waals surface area contributed by atoms with Crippen LogP contribution < -0.4 is 10.2 Å². The number of amides is 2. The number of nitrogens with one attached hydrogen (secondary N) is 1. The first-order valence-corrected chi connectivity index (χ1v) is 12.9. The standard InChI is InChI=1S/C25H28Cl3N5O3/c1-31(2)15-22(34)33-11-9-32(10-12-33)20-8-4-7-18(26)23(20)19-14-21(36-30-19)16-5-3-6-17(13-16)29-25(35)24(27)28/h3-8,13,21,24H,9-12,14-15H2,1-2H3,(H,29,35). The van der Waals surface area contributed by atoms with E-state index in [9.17, 15) is 9.59 Å². The van der Waals surface area contributed by atoms with Crippen molar-refractivity contribution in [3.05, 3.63) is 58.6 Å². The molecule has 0 spiro atoms. The van der Waals surface area contributed by atoms with Crippen LogP contribution in [0.2, 0.25) is 5.02 Å². The molecule has 8 nitrogen and oxygen atoms in total. The minimum Gasteiger partial charge on any atom is -0.387 e. The van der Waals surface area contributed by atoms with Gasteiger partial charge in [-0.15, -0.1) is 0 Å². The van der Waals surface area contributed by atoms with Crippen molar-refractivity contribution in [2.75, 3.05) is 57.0 Å². The summed E-state index contributed by atoms with van der Waals surface area (Å²) in [5.41, 5.74) is 3.99. The number of rotatable bonds is 7. The van der Waals surface area contributed by atoms with Crippen LogP contribution in [0.15, 0.2) is 47.6 Å². The number of nitrogens with zero attached hydrogens (tertiary/aromatic N) is 4. The fraction of sp³-hybridized carbons (Fsp3) is 0.400. The molecule has 1 saturated heterocycles. The molecule has 2 aromatic rings. The molecule has 36 heavy (non-hydrogen) atoms. The second-order valence-corrected chi connectivity index (χ2v) is 10.5. The Morgan fingerprint density at radius 3 is 2.56 bits per heavy atom. The number of hydrogen-bond donors (Lipinski definition) is 1. The van der Waals surface area contributed by atoms with Crippen molar-refractivity contribution in [1.82, 2.24) is 9.80 Å². The highest BCUT2D eigenvalue weighted by atomic mass is 35.5. The molecular formula is C25H28Cl3N5O3. The second-order valence-electron chi connectivity index (χ2n) is 8.99. The molecule has 2 heterocycles. The van der Waals surface area contributed by atoms with Gasteiger partial charge in [0.25, 0.3) is 5.91 Å². The van der Waals surface area contributed by atoms with Crippen molar-refractivity contribution in [3.8, 4) is 0 Å². The maximum Gasteiger partial charge on any atom is 0.257 e. The quantitative estimate of drug-likeness (QED) is 0.522. The van der Waals surface area contributed by atoms with Crippen LogP contribution >= 0.6 is 34.8 Å². The minimum atomic E-state index is -1.15. The van der Waals surface area contributed by atoms with Crippen LogP contribution in [0.25, 0.3) is 0 Å². The zero-order valence-corrected chi connectivity index (χ0v) is 22.4. The van der Waals surface area contributed by atoms with Gasteiger partial charge in [0.1, 0.15) is 0 Å². The van der Waals surface area contributed by atoms with Crippen molar-refractivity contribution in [2.24, 2.45) is 5.16 Å². The third kappa shape index (κ3) is 6.24. The number of oxime groups is 1. The summed E-state index contributed by atoms with van der Waals surface area (Å²) < 4.78 is 0. The first-order chi connectivity index (χ1) is 17.2. The van der Waals surface area contributed by atoms with Crippen LogP contribution in [0.1, 0.15) is 23.7 Å². The molecule has 0 bridgehead atoms. The molecule has 0 saturated carbocycles. The Labute approximate surface area is 225 Å². The van der Waals surface area contributed by atoms with Gasteiger partial charge in [-0.05, 0) is 43.9 Å². The summed E-state index contributed by atoms with van der Waals surface area (Å²) in [5, 5.41) is 7.65. The van der Waals surface area contributed by atoms with Crippen LogP contribution in [0.5, 0.6) is 0 Å². The Hall–Kier alpha value is -2.52. The Balaban J connectivity index is 1.47. The van der Waals surface area contributed by atoms with Gasteiger partial charge in [-0.25, -0.2) is 0 Å². The summed E-state index contributed by atoms with van der Waals surface area (Å²) in [4.78, 5) is 34.9. The molecule has 0 aliphatic carbocycles. The first-order valence-electron chi connectivity index (χ1n) is 11.6. The summed E-state index contributed by atoms with van der Waals surface area (Å²) in [5.74, 6) is -0.364. The molecule has 1 fully saturated rings. The van der Waals surface area contributed by atoms with Crippen LogP contribution in [0, 0.1) is 0 Å². The van der Waals surface area contributed by atoms with Crippen molar-refractivity contribution in [3.63, 3.8) is 0 Å². The Morgan fingerprint density at radius 2 is 1.86 bits per heavy atom. The molecule has 192 valence electrons. The Morgan fingerprint density at radius 1 is 1.14 bits per heavy atom. The van der Waals surface area contributed by atoms with Gasteiger partial charge in [-0.1, -0.05) is 58.2 Å². The van der Waals surface area contributed by atoms with E-state index in [0.717, 1.165) is 22.5 Å². The highest BCUT2D eigenvalue weighted by Gasteiger charge is 2.30. The number of carbonyl (C=O) groups excluding carboxylic acids is 2. The van der Waals surface area contributed by atoms with Crippen molar-refractivity contribution in [1.29, 1.82) is 0 Å². The number of carbonyl (C=O) groups is 2. The lowest BCUT2D eigenvalue weighted by Gasteiger charge is -2.37. The summed E-state index contributed by atoms with van der Waals surface area (Å²) >= 11 is 17.9. The predicted octanol–water partition coefficient (Wildman–Crippen LogP) is 4.16. The largest absolute Gasteiger partial charge is 0.387 e. The van der Waals surface area contributed by atoms with Crippen LogP contribution in [0.3, 0.4) is 0 Å². The van der Waals surface area contributed by atoms with Crippen molar-refractivity contribution < 1.29 is 14.4 Å². The van der Waals surface area contributed by atoms with Gasteiger partial charge < -0.3 is 24.9 Å². The van der Waals surface area contributed by atoms with Crippen LogP contribution in [-0.4, -0.2) is 79.0 Å². The highest BCUT2D eigenvalue weighted by Crippen LogP contribution is 2.37. The van der Waals surface area contributed by atoms with E-state index in [4.69, 9.17) is 39.6 Å². The molecule has 2 aliphatic rings. The fourth-order valence-electron chi connectivity index (χ4n) is 4.35. The monoisotopic (exact) mass is 551 g/mol. The number of benzene rings is 2. The molecule has 0 aromatic heterocycles. The number of likely N-dealkylation sites (N-methyl/N-ethyl adjacent to an activating group) is 1. The molecule has 1 atom stereocenters. The molecular weight excluding hydrogens is 525 g/mol. The van der Waals surface area contributed by atoms with E-state index in [1.807, 2.05) is 60.3 Å². The Bertz CT molecular complexity index is 1150. The van der Waals surface area contributed by atoms with E-state index >= 15 is 0 Å². The molecule has 1 N–H and O–H groups in total. The molecule has 0 radical (unpaired) electrons. The zero-order chi connectivity index (χ0) is 25.8. The summed E-state index contributed by atoms with van der Waals surface area (Å²) in [7, 11) is 3.79. The van der Waals surface area contributed by atoms with E-state index in [2.05, 4.69) is 15.4 Å². The molecule has 1 unspecified atom stereocenters. The first kappa shape index (κ1) is 26.5. The number of alkyl halides is 2. The van der Waals surface area contributed by atoms with Gasteiger partial charge in [0.05, 0.1) is 17.3 Å². The molecule has 11 heteroatoms. The van der Waals surface area contributed by atoms with E-state index in [1.165, 1.54) is 0 Å². The van der Waals surface area contributed by atoms with E-state index < -0.39 is 10.7 Å². The van der Waals surface area contributed by atoms with Gasteiger partial charge in [0.2, 0.25) is 5.91 Å². The minimum absolute atomic E-state index is 0.133. The lowest BCUT2D eigenvalue weighted by Crippen LogP contribution is -2.51. The maximum absolute atomic E-state index is 12.4. The van der Waals surface area contributed by atoms with Gasteiger partial charge in [0, 0.05) is 49.5 Å². The van der Waals surface area contributed by atoms with E-state index in [1.54, 1.807) is 6.07 Å². The summed E-state index contributed by atoms with van der Waals surface area (Å²) in [6, 6.07) is 13.1. The van der Waals surface area contributed by atoms with Crippen LogP contribution in [0.4, 0.5) is 11.4 Å². The van der Waals surface area contributed by atoms with E-state index in [0.29, 0.717) is 49.9 Å². The molecule has 2 amide bonds. The van der Waals surface area contributed by atoms with E-state index in [-0.39, 0.29) is 12.0 Å². The second kappa shape index (κ2) is 11.7. The number of hydrogen-bond acceptors (Lipinski definition) is 6. The van der Waals surface area contributed by atoms with Gasteiger partial charge in [-0.2, -0.15) is 0 Å². The Kier molecular flexibility index (Phi) is 8.62. The van der Waals surface area contributed by atoms with Crippen molar-refractivity contribution >= 4 is 63.7 Å². The average molecular weight is 553 g/mol. The topological polar surface area (TPSA) is 77.5 Å². The van der Waals surface area contributed by atoms with Crippen LogP contribution in [-0.2, 0) is 14.4 Å². The zero-order valence-electron chi connectivity index (χ0n) is 20.1. The molecule has 4 rings (SSSR count). The summed E-state index contributed by atoms with van der Waals surface area (Å²) in [6.07, 6.45) is 0.188. The summed E-state index contributed by atoms with van der Waals surface area (Å²) in [6.45, 7) is 3.10. The van der Waals surface area contributed by atoms with Gasteiger partial charge in [-0.3, -0.25) is 9.59 Å². The third-order valence-electron chi connectivity index (χ3n) is 6.10. The predicted molar refractivity (Wildman–Crippen MR) is 144 cm³/mol. The lowest BCUT2D eigenvalue weighted by atomic mass is 9.98. The third-order valence-corrected chi connectivity index (χ3v) is 6.81. The van der Waals surface area contributed by atoms with Crippen molar-refractivity contribution in [2.45, 2.75) is 17.4 Å². The normalized spacial score (nSPS) is 17.9. The fourth-order valence-corrected chi connectivity index (χ4v) is 4.73. The number of piperazine rings is 1. The molecule has 2 aliphatic heterocycles. The average Bonchev–Trinajstić information content (AvgIpc) is 3.33. The maximum atomic E-state index is 12.4. The molecule has 2 aromatic carbocycles. The van der Waals surface area contributed by atoms with Gasteiger partial charge in [0.15, 0.2) is 10.9 Å². The van der Waals surface area contributed by atoms with Gasteiger partial charge >= 0.3 is 0 Å². The highest BCUT2D eigenvalue weighted by molar-refractivity contribution is 6.54. The lowest BCUT2D eigenvalue weighted by molar-refractivity contribution is -0.132. The SMILES string of the molecule is CN(C)CC(=O)N1CCN(c2cccc(Cl)c2C2=NOC(c3cccc(NC(=O)C(Cl)Cl)c3)C2)CC1.